The first-order valence-electron chi connectivity index (χ1n) is 8.72. The third-order valence-electron chi connectivity index (χ3n) is 3.93. The van der Waals surface area contributed by atoms with E-state index in [0.717, 1.165) is 6.42 Å². The van der Waals surface area contributed by atoms with Gasteiger partial charge in [-0.2, -0.15) is 0 Å². The van der Waals surface area contributed by atoms with Crippen molar-refractivity contribution in [3.05, 3.63) is 23.8 Å². The number of unbranched alkanes of at least 4 members (excludes halogenated alkanes) is 7. The van der Waals surface area contributed by atoms with Crippen LogP contribution in [-0.2, 0) is 0 Å². The molecular formula is C19H31NO3. The van der Waals surface area contributed by atoms with Gasteiger partial charge in [0.25, 0.3) is 5.91 Å². The second-order valence-electron chi connectivity index (χ2n) is 5.83. The molecule has 0 radical (unpaired) electrons. The quantitative estimate of drug-likeness (QED) is 0.573. The summed E-state index contributed by atoms with van der Waals surface area (Å²) in [6, 6.07) is 5.21. The lowest BCUT2D eigenvalue weighted by Crippen LogP contribution is -2.24. The van der Waals surface area contributed by atoms with Crippen LogP contribution in [0.3, 0.4) is 0 Å². The Morgan fingerprint density at radius 2 is 1.39 bits per heavy atom. The SMILES string of the molecule is CCCCCCCCCCNC(=O)c1cc(OC)cc(OC)c1. The molecule has 0 unspecified atom stereocenters. The number of nitrogens with one attached hydrogen (secondary N) is 1. The highest BCUT2D eigenvalue weighted by molar-refractivity contribution is 5.95. The lowest BCUT2D eigenvalue weighted by molar-refractivity contribution is 0.0952. The number of rotatable bonds is 12. The molecule has 130 valence electrons. The Kier molecular flexibility index (Phi) is 9.92. The van der Waals surface area contributed by atoms with Crippen molar-refractivity contribution < 1.29 is 14.3 Å². The van der Waals surface area contributed by atoms with Crippen molar-refractivity contribution in [3.63, 3.8) is 0 Å². The van der Waals surface area contributed by atoms with Gasteiger partial charge in [0, 0.05) is 18.2 Å². The van der Waals surface area contributed by atoms with Crippen LogP contribution < -0.4 is 14.8 Å². The van der Waals surface area contributed by atoms with Crippen molar-refractivity contribution in [1.82, 2.24) is 5.32 Å². The molecule has 0 aliphatic heterocycles. The molecule has 0 aromatic heterocycles. The minimum atomic E-state index is -0.0786. The molecule has 0 heterocycles. The highest BCUT2D eigenvalue weighted by Gasteiger charge is 2.09. The molecule has 0 bridgehead atoms. The van der Waals surface area contributed by atoms with E-state index in [-0.39, 0.29) is 5.91 Å². The third-order valence-corrected chi connectivity index (χ3v) is 3.93. The number of ether oxygens (including phenoxy) is 2. The summed E-state index contributed by atoms with van der Waals surface area (Å²) >= 11 is 0. The molecule has 1 rings (SSSR count). The van der Waals surface area contributed by atoms with Gasteiger partial charge in [0.2, 0.25) is 0 Å². The summed E-state index contributed by atoms with van der Waals surface area (Å²) in [5.41, 5.74) is 0.570. The van der Waals surface area contributed by atoms with Crippen LogP contribution in [0.2, 0.25) is 0 Å². The van der Waals surface area contributed by atoms with Gasteiger partial charge < -0.3 is 14.8 Å². The summed E-state index contributed by atoms with van der Waals surface area (Å²) in [5.74, 6) is 1.17. The summed E-state index contributed by atoms with van der Waals surface area (Å²) in [5, 5.41) is 2.96. The lowest BCUT2D eigenvalue weighted by Gasteiger charge is -2.09. The van der Waals surface area contributed by atoms with E-state index < -0.39 is 0 Å². The molecular weight excluding hydrogens is 290 g/mol. The predicted molar refractivity (Wildman–Crippen MR) is 94.5 cm³/mol. The molecule has 0 aliphatic rings. The van der Waals surface area contributed by atoms with Gasteiger partial charge in [0.05, 0.1) is 14.2 Å². The first-order valence-corrected chi connectivity index (χ1v) is 8.72. The van der Waals surface area contributed by atoms with Gasteiger partial charge in [-0.15, -0.1) is 0 Å². The van der Waals surface area contributed by atoms with Crippen LogP contribution in [0.1, 0.15) is 68.6 Å². The van der Waals surface area contributed by atoms with Crippen molar-refractivity contribution in [2.75, 3.05) is 20.8 Å². The van der Waals surface area contributed by atoms with Crippen LogP contribution in [0.25, 0.3) is 0 Å². The van der Waals surface area contributed by atoms with Crippen LogP contribution in [0, 0.1) is 0 Å². The van der Waals surface area contributed by atoms with Gasteiger partial charge in [0.1, 0.15) is 11.5 Å². The molecule has 4 nitrogen and oxygen atoms in total. The van der Waals surface area contributed by atoms with Crippen LogP contribution in [0.5, 0.6) is 11.5 Å². The number of carbonyl (C=O) groups excluding carboxylic acids is 1. The molecule has 0 atom stereocenters. The van der Waals surface area contributed by atoms with Crippen LogP contribution in [0.4, 0.5) is 0 Å². The lowest BCUT2D eigenvalue weighted by atomic mass is 10.1. The Balaban J connectivity index is 2.24. The number of methoxy groups -OCH3 is 2. The maximum atomic E-state index is 12.2. The van der Waals surface area contributed by atoms with E-state index in [4.69, 9.17) is 9.47 Å². The topological polar surface area (TPSA) is 47.6 Å². The molecule has 1 aromatic rings. The van der Waals surface area contributed by atoms with Crippen LogP contribution in [0.15, 0.2) is 18.2 Å². The summed E-state index contributed by atoms with van der Waals surface area (Å²) in [6.45, 7) is 2.95. The number of amides is 1. The molecule has 1 amide bonds. The molecule has 4 heteroatoms. The van der Waals surface area contributed by atoms with Crippen molar-refractivity contribution in [2.45, 2.75) is 58.3 Å². The highest BCUT2D eigenvalue weighted by atomic mass is 16.5. The van der Waals surface area contributed by atoms with Crippen molar-refractivity contribution in [3.8, 4) is 11.5 Å². The zero-order chi connectivity index (χ0) is 16.9. The molecule has 0 spiro atoms. The standard InChI is InChI=1S/C19H31NO3/c1-4-5-6-7-8-9-10-11-12-20-19(21)16-13-17(22-2)15-18(14-16)23-3/h13-15H,4-12H2,1-3H3,(H,20,21). The van der Waals surface area contributed by atoms with Crippen molar-refractivity contribution in [2.24, 2.45) is 0 Å². The molecule has 0 saturated carbocycles. The highest BCUT2D eigenvalue weighted by Crippen LogP contribution is 2.22. The fraction of sp³-hybridized carbons (Fsp3) is 0.632. The largest absolute Gasteiger partial charge is 0.497 e. The fourth-order valence-corrected chi connectivity index (χ4v) is 2.50. The average molecular weight is 321 g/mol. The minimum absolute atomic E-state index is 0.0786. The zero-order valence-electron chi connectivity index (χ0n) is 14.8. The summed E-state index contributed by atoms with van der Waals surface area (Å²) < 4.78 is 10.4. The van der Waals surface area contributed by atoms with E-state index in [2.05, 4.69) is 12.2 Å². The van der Waals surface area contributed by atoms with E-state index in [1.54, 1.807) is 32.4 Å². The Bertz CT molecular complexity index is 438. The van der Waals surface area contributed by atoms with Gasteiger partial charge in [0.15, 0.2) is 0 Å². The van der Waals surface area contributed by atoms with Gasteiger partial charge in [-0.25, -0.2) is 0 Å². The summed E-state index contributed by atoms with van der Waals surface area (Å²) in [6.07, 6.45) is 10.1. The number of hydrogen-bond acceptors (Lipinski definition) is 3. The normalized spacial score (nSPS) is 10.4. The molecule has 0 fully saturated rings. The van der Waals surface area contributed by atoms with E-state index in [1.165, 1.54) is 44.9 Å². The van der Waals surface area contributed by atoms with E-state index in [0.29, 0.717) is 23.6 Å². The van der Waals surface area contributed by atoms with Crippen LogP contribution in [-0.4, -0.2) is 26.7 Å². The number of carbonyl (C=O) groups is 1. The Morgan fingerprint density at radius 3 is 1.91 bits per heavy atom. The van der Waals surface area contributed by atoms with E-state index in [9.17, 15) is 4.79 Å². The predicted octanol–water partition coefficient (Wildman–Crippen LogP) is 4.57. The Hall–Kier alpha value is -1.71. The summed E-state index contributed by atoms with van der Waals surface area (Å²) in [7, 11) is 3.16. The Morgan fingerprint density at radius 1 is 0.870 bits per heavy atom. The summed E-state index contributed by atoms with van der Waals surface area (Å²) in [4.78, 5) is 12.2. The molecule has 23 heavy (non-hydrogen) atoms. The van der Waals surface area contributed by atoms with Gasteiger partial charge in [-0.1, -0.05) is 51.9 Å². The molecule has 0 saturated heterocycles. The number of benzene rings is 1. The Labute approximate surface area is 140 Å². The van der Waals surface area contributed by atoms with Crippen molar-refractivity contribution in [1.29, 1.82) is 0 Å². The van der Waals surface area contributed by atoms with Gasteiger partial charge >= 0.3 is 0 Å². The van der Waals surface area contributed by atoms with E-state index in [1.807, 2.05) is 0 Å². The maximum absolute atomic E-state index is 12.2. The third kappa shape index (κ3) is 7.91. The monoisotopic (exact) mass is 321 g/mol. The van der Waals surface area contributed by atoms with Crippen LogP contribution >= 0.6 is 0 Å². The van der Waals surface area contributed by atoms with E-state index >= 15 is 0 Å². The first-order chi connectivity index (χ1) is 11.2. The van der Waals surface area contributed by atoms with Gasteiger partial charge in [-0.05, 0) is 18.6 Å². The molecule has 1 aromatic carbocycles. The van der Waals surface area contributed by atoms with Crippen molar-refractivity contribution >= 4 is 5.91 Å². The smallest absolute Gasteiger partial charge is 0.251 e. The minimum Gasteiger partial charge on any atom is -0.497 e. The zero-order valence-corrected chi connectivity index (χ0v) is 14.8. The first kappa shape index (κ1) is 19.3. The second-order valence-corrected chi connectivity index (χ2v) is 5.83. The second kappa shape index (κ2) is 11.8. The fourth-order valence-electron chi connectivity index (χ4n) is 2.50. The number of hydrogen-bond donors (Lipinski definition) is 1. The average Bonchev–Trinajstić information content (AvgIpc) is 2.59. The van der Waals surface area contributed by atoms with Gasteiger partial charge in [-0.3, -0.25) is 4.79 Å². The molecule has 0 aliphatic carbocycles. The maximum Gasteiger partial charge on any atom is 0.251 e. The molecule has 1 N–H and O–H groups in total.